The fourth-order valence-electron chi connectivity index (χ4n) is 3.63. The highest BCUT2D eigenvalue weighted by Gasteiger charge is 2.29. The molecule has 1 amide bonds. The molecule has 3 heterocycles. The van der Waals surface area contributed by atoms with Crippen molar-refractivity contribution in [2.45, 2.75) is 45.7 Å². The van der Waals surface area contributed by atoms with Gasteiger partial charge in [0.25, 0.3) is 6.47 Å². The zero-order chi connectivity index (χ0) is 20.0. The molecular weight excluding hydrogens is 348 g/mol. The summed E-state index contributed by atoms with van der Waals surface area (Å²) in [5, 5.41) is 15.5. The van der Waals surface area contributed by atoms with Crippen LogP contribution in [0.25, 0.3) is 0 Å². The Balaban J connectivity index is 0.000000817. The molecule has 1 fully saturated rings. The number of carbonyl (C=O) groups is 2. The summed E-state index contributed by atoms with van der Waals surface area (Å²) in [7, 11) is 2.15. The predicted molar refractivity (Wildman–Crippen MR) is 101 cm³/mol. The Hall–Kier alpha value is -2.00. The maximum Gasteiger partial charge on any atom is 0.290 e. The van der Waals surface area contributed by atoms with Gasteiger partial charge >= 0.3 is 0 Å². The van der Waals surface area contributed by atoms with Crippen molar-refractivity contribution < 1.29 is 14.7 Å². The van der Waals surface area contributed by atoms with Crippen LogP contribution in [0.3, 0.4) is 0 Å². The number of rotatable bonds is 4. The van der Waals surface area contributed by atoms with Gasteiger partial charge in [0.05, 0.1) is 12.6 Å². The van der Waals surface area contributed by atoms with E-state index in [1.54, 1.807) is 0 Å². The van der Waals surface area contributed by atoms with Crippen LogP contribution in [0, 0.1) is 0 Å². The fraction of sp³-hybridized carbons (Fsp3) is 0.778. The van der Waals surface area contributed by atoms with Crippen LogP contribution >= 0.6 is 0 Å². The van der Waals surface area contributed by atoms with E-state index < -0.39 is 0 Å². The molecule has 3 rings (SSSR count). The Bertz CT molecular complexity index is 625. The van der Waals surface area contributed by atoms with Crippen LogP contribution in [-0.4, -0.2) is 93.3 Å². The minimum absolute atomic E-state index is 0.237. The van der Waals surface area contributed by atoms with Crippen molar-refractivity contribution in [2.24, 2.45) is 0 Å². The number of nitrogens with zero attached hydrogens (tertiary/aromatic N) is 6. The Morgan fingerprint density at radius 2 is 1.89 bits per heavy atom. The predicted octanol–water partition coefficient (Wildman–Crippen LogP) is 0.643. The molecular formula is C18H32N6O3. The van der Waals surface area contributed by atoms with Crippen molar-refractivity contribution in [2.75, 3.05) is 46.3 Å². The van der Waals surface area contributed by atoms with Crippen LogP contribution in [0.1, 0.15) is 50.8 Å². The van der Waals surface area contributed by atoms with Crippen molar-refractivity contribution >= 4 is 12.4 Å². The summed E-state index contributed by atoms with van der Waals surface area (Å²) in [4.78, 5) is 27.7. The van der Waals surface area contributed by atoms with Crippen molar-refractivity contribution in [1.29, 1.82) is 0 Å². The molecule has 0 bridgehead atoms. The largest absolute Gasteiger partial charge is 0.483 e. The van der Waals surface area contributed by atoms with Gasteiger partial charge in [-0.25, -0.2) is 0 Å². The summed E-state index contributed by atoms with van der Waals surface area (Å²) < 4.78 is 2.22. The van der Waals surface area contributed by atoms with E-state index in [0.717, 1.165) is 50.9 Å². The molecule has 0 aromatic carbocycles. The number of piperazine rings is 1. The molecule has 0 unspecified atom stereocenters. The third-order valence-corrected chi connectivity index (χ3v) is 5.16. The molecule has 1 aromatic heterocycles. The highest BCUT2D eigenvalue weighted by Crippen LogP contribution is 2.25. The lowest BCUT2D eigenvalue weighted by Gasteiger charge is -2.35. The SMILES string of the molecule is CC(C)c1nnc2n1[C@@H](C)CN(C(=O)CCN1CCN(C)CC1)C2.O=CO. The molecule has 27 heavy (non-hydrogen) atoms. The van der Waals surface area contributed by atoms with Gasteiger partial charge < -0.3 is 24.4 Å². The first-order chi connectivity index (χ1) is 12.9. The van der Waals surface area contributed by atoms with Crippen molar-refractivity contribution in [1.82, 2.24) is 29.5 Å². The van der Waals surface area contributed by atoms with E-state index in [2.05, 4.69) is 52.4 Å². The monoisotopic (exact) mass is 380 g/mol. The third kappa shape index (κ3) is 5.49. The van der Waals surface area contributed by atoms with E-state index in [9.17, 15) is 4.79 Å². The van der Waals surface area contributed by atoms with E-state index >= 15 is 0 Å². The second-order valence-corrected chi connectivity index (χ2v) is 7.62. The first-order valence-electron chi connectivity index (χ1n) is 9.57. The molecule has 0 spiro atoms. The van der Waals surface area contributed by atoms with Gasteiger partial charge in [0, 0.05) is 51.6 Å². The number of likely N-dealkylation sites (N-methyl/N-ethyl adjacent to an activating group) is 1. The lowest BCUT2D eigenvalue weighted by molar-refractivity contribution is -0.133. The third-order valence-electron chi connectivity index (χ3n) is 5.16. The highest BCUT2D eigenvalue weighted by molar-refractivity contribution is 5.76. The molecule has 1 saturated heterocycles. The van der Waals surface area contributed by atoms with Gasteiger partial charge in [-0.05, 0) is 14.0 Å². The van der Waals surface area contributed by atoms with Crippen LogP contribution < -0.4 is 0 Å². The molecule has 9 heteroatoms. The van der Waals surface area contributed by atoms with Crippen LogP contribution in [-0.2, 0) is 16.1 Å². The molecule has 0 aliphatic carbocycles. The molecule has 1 N–H and O–H groups in total. The molecule has 1 atom stereocenters. The van der Waals surface area contributed by atoms with Gasteiger partial charge in [0.1, 0.15) is 5.82 Å². The molecule has 152 valence electrons. The van der Waals surface area contributed by atoms with Crippen LogP contribution in [0.4, 0.5) is 0 Å². The minimum Gasteiger partial charge on any atom is -0.483 e. The maximum absolute atomic E-state index is 12.6. The average molecular weight is 380 g/mol. The van der Waals surface area contributed by atoms with Crippen molar-refractivity contribution in [3.05, 3.63) is 11.6 Å². The molecule has 0 saturated carbocycles. The number of hydrogen-bond donors (Lipinski definition) is 1. The summed E-state index contributed by atoms with van der Waals surface area (Å²) in [6.45, 7) is 12.7. The van der Waals surface area contributed by atoms with Gasteiger partial charge in [-0.15, -0.1) is 10.2 Å². The second-order valence-electron chi connectivity index (χ2n) is 7.62. The number of aromatic nitrogens is 3. The number of carbonyl (C=O) groups excluding carboxylic acids is 1. The lowest BCUT2D eigenvalue weighted by atomic mass is 10.1. The first kappa shape index (κ1) is 21.3. The number of amides is 1. The van der Waals surface area contributed by atoms with Gasteiger partial charge in [-0.3, -0.25) is 9.59 Å². The normalized spacial score (nSPS) is 20.8. The molecule has 0 radical (unpaired) electrons. The molecule has 2 aliphatic rings. The van der Waals surface area contributed by atoms with Gasteiger partial charge in [-0.1, -0.05) is 13.8 Å². The Morgan fingerprint density at radius 1 is 1.26 bits per heavy atom. The Kier molecular flexibility index (Phi) is 7.73. The number of fused-ring (bicyclic) bond motifs is 1. The maximum atomic E-state index is 12.6. The smallest absolute Gasteiger partial charge is 0.290 e. The Labute approximate surface area is 160 Å². The van der Waals surface area contributed by atoms with Crippen molar-refractivity contribution in [3.8, 4) is 0 Å². The first-order valence-corrected chi connectivity index (χ1v) is 9.57. The van der Waals surface area contributed by atoms with Gasteiger partial charge in [0.2, 0.25) is 5.91 Å². The molecule has 1 aromatic rings. The summed E-state index contributed by atoms with van der Waals surface area (Å²) in [5.41, 5.74) is 0. The number of carboxylic acid groups (broad SMARTS) is 1. The Morgan fingerprint density at radius 3 is 2.48 bits per heavy atom. The molecule has 2 aliphatic heterocycles. The van der Waals surface area contributed by atoms with Crippen LogP contribution in [0.5, 0.6) is 0 Å². The summed E-state index contributed by atoms with van der Waals surface area (Å²) in [5.74, 6) is 2.54. The standard InChI is InChI=1S/C17H30N6O.CH2O2/c1-13(2)17-19-18-15-12-22(11-14(3)23(15)17)16(24)5-6-21-9-7-20(4)8-10-21;2-1-3/h13-14H,5-12H2,1-4H3;1H,(H,2,3)/t14-;/m0./s1. The van der Waals surface area contributed by atoms with E-state index in [4.69, 9.17) is 9.90 Å². The molecule has 9 nitrogen and oxygen atoms in total. The lowest BCUT2D eigenvalue weighted by Crippen LogP contribution is -2.46. The summed E-state index contributed by atoms with van der Waals surface area (Å²) in [6.07, 6.45) is 0.599. The summed E-state index contributed by atoms with van der Waals surface area (Å²) >= 11 is 0. The summed E-state index contributed by atoms with van der Waals surface area (Å²) in [6, 6.07) is 0.244. The van der Waals surface area contributed by atoms with Gasteiger partial charge in [-0.2, -0.15) is 0 Å². The second kappa shape index (κ2) is 9.80. The van der Waals surface area contributed by atoms with E-state index in [1.165, 1.54) is 0 Å². The zero-order valence-electron chi connectivity index (χ0n) is 16.8. The van der Waals surface area contributed by atoms with Crippen LogP contribution in [0.15, 0.2) is 0 Å². The quantitative estimate of drug-likeness (QED) is 0.766. The minimum atomic E-state index is -0.250. The fourth-order valence-corrected chi connectivity index (χ4v) is 3.63. The zero-order valence-corrected chi connectivity index (χ0v) is 16.8. The van der Waals surface area contributed by atoms with E-state index in [1.807, 2.05) is 4.90 Å². The number of hydrogen-bond acceptors (Lipinski definition) is 6. The average Bonchev–Trinajstić information content (AvgIpc) is 3.06. The van der Waals surface area contributed by atoms with E-state index in [0.29, 0.717) is 18.9 Å². The topological polar surface area (TPSA) is 94.8 Å². The van der Waals surface area contributed by atoms with Gasteiger partial charge in [0.15, 0.2) is 5.82 Å². The van der Waals surface area contributed by atoms with Crippen LogP contribution in [0.2, 0.25) is 0 Å². The van der Waals surface area contributed by atoms with Crippen molar-refractivity contribution in [3.63, 3.8) is 0 Å². The van der Waals surface area contributed by atoms with E-state index in [-0.39, 0.29) is 18.4 Å². The highest BCUT2D eigenvalue weighted by atomic mass is 16.3.